The summed E-state index contributed by atoms with van der Waals surface area (Å²) in [5.74, 6) is -1.14. The Morgan fingerprint density at radius 2 is 2.00 bits per heavy atom. The van der Waals surface area contributed by atoms with Gasteiger partial charge in [0, 0.05) is 14.1 Å². The number of hydrogen-bond donors (Lipinski definition) is 2. The minimum atomic E-state index is -3.67. The van der Waals surface area contributed by atoms with Crippen LogP contribution in [0.5, 0.6) is 0 Å². The zero-order valence-electron chi connectivity index (χ0n) is 9.23. The number of carboxylic acid groups (broad SMARTS) is 1. The molecule has 0 amide bonds. The van der Waals surface area contributed by atoms with Gasteiger partial charge in [-0.2, -0.15) is 17.4 Å². The largest absolute Gasteiger partial charge is 0.480 e. The molecular formula is C8H18N2O4S. The quantitative estimate of drug-likeness (QED) is 0.655. The number of nitrogens with one attached hydrogen (secondary N) is 1. The zero-order valence-corrected chi connectivity index (χ0v) is 10.0. The molecule has 0 aromatic rings. The van der Waals surface area contributed by atoms with Crippen molar-refractivity contribution in [1.82, 2.24) is 9.03 Å². The number of hydrogen-bond acceptors (Lipinski definition) is 3. The Hall–Kier alpha value is -0.660. The Labute approximate surface area is 90.5 Å². The predicted molar refractivity (Wildman–Crippen MR) is 56.7 cm³/mol. The average molecular weight is 238 g/mol. The Bertz CT molecular complexity index is 300. The van der Waals surface area contributed by atoms with Crippen LogP contribution < -0.4 is 4.72 Å². The highest BCUT2D eigenvalue weighted by molar-refractivity contribution is 7.87. The molecular weight excluding hydrogens is 220 g/mol. The number of rotatable bonds is 7. The molecule has 6 nitrogen and oxygen atoms in total. The first-order valence-corrected chi connectivity index (χ1v) is 6.17. The van der Waals surface area contributed by atoms with Crippen molar-refractivity contribution in [1.29, 1.82) is 0 Å². The molecule has 1 atom stereocenters. The number of carboxylic acids is 1. The first kappa shape index (κ1) is 14.3. The summed E-state index contributed by atoms with van der Waals surface area (Å²) in [7, 11) is -0.974. The minimum Gasteiger partial charge on any atom is -0.480 e. The lowest BCUT2D eigenvalue weighted by Gasteiger charge is -2.17. The summed E-state index contributed by atoms with van der Waals surface area (Å²) in [6.45, 7) is 1.92. The second kappa shape index (κ2) is 6.04. The van der Waals surface area contributed by atoms with Crippen molar-refractivity contribution in [2.75, 3.05) is 14.1 Å². The molecule has 0 aliphatic carbocycles. The molecule has 0 aromatic carbocycles. The molecule has 0 fully saturated rings. The van der Waals surface area contributed by atoms with E-state index in [0.29, 0.717) is 12.8 Å². The summed E-state index contributed by atoms with van der Waals surface area (Å²) in [6.07, 6.45) is 1.80. The normalized spacial score (nSPS) is 14.1. The van der Waals surface area contributed by atoms with E-state index in [9.17, 15) is 13.2 Å². The molecule has 7 heteroatoms. The first-order chi connectivity index (χ1) is 6.81. The van der Waals surface area contributed by atoms with Crippen LogP contribution in [0.2, 0.25) is 0 Å². The molecule has 0 aliphatic heterocycles. The van der Waals surface area contributed by atoms with Gasteiger partial charge in [0.2, 0.25) is 0 Å². The molecule has 2 N–H and O–H groups in total. The van der Waals surface area contributed by atoms with E-state index in [1.54, 1.807) is 0 Å². The monoisotopic (exact) mass is 238 g/mol. The molecule has 0 bridgehead atoms. The van der Waals surface area contributed by atoms with Crippen molar-refractivity contribution in [3.05, 3.63) is 0 Å². The number of carbonyl (C=O) groups is 1. The van der Waals surface area contributed by atoms with Gasteiger partial charge in [0.15, 0.2) is 0 Å². The Kier molecular flexibility index (Phi) is 5.77. The van der Waals surface area contributed by atoms with Crippen LogP contribution in [0.4, 0.5) is 0 Å². The van der Waals surface area contributed by atoms with Gasteiger partial charge in [-0.3, -0.25) is 4.79 Å². The minimum absolute atomic E-state index is 0.304. The van der Waals surface area contributed by atoms with E-state index < -0.39 is 22.2 Å². The zero-order chi connectivity index (χ0) is 12.1. The SMILES string of the molecule is CCCCC(NS(=O)(=O)N(C)C)C(=O)O. The van der Waals surface area contributed by atoms with Gasteiger partial charge in [0.25, 0.3) is 10.2 Å². The van der Waals surface area contributed by atoms with E-state index in [1.807, 2.05) is 6.92 Å². The second-order valence-corrected chi connectivity index (χ2v) is 5.35. The maximum absolute atomic E-state index is 11.4. The molecule has 0 spiro atoms. The molecule has 0 saturated carbocycles. The fourth-order valence-corrected chi connectivity index (χ4v) is 1.72. The van der Waals surface area contributed by atoms with Crippen LogP contribution in [0, 0.1) is 0 Å². The molecule has 90 valence electrons. The van der Waals surface area contributed by atoms with Crippen LogP contribution >= 0.6 is 0 Å². The molecule has 0 rings (SSSR count). The Morgan fingerprint density at radius 3 is 2.33 bits per heavy atom. The van der Waals surface area contributed by atoms with Gasteiger partial charge in [-0.1, -0.05) is 19.8 Å². The highest BCUT2D eigenvalue weighted by atomic mass is 32.2. The predicted octanol–water partition coefficient (Wildman–Crippen LogP) is 0.0258. The van der Waals surface area contributed by atoms with Crippen molar-refractivity contribution in [2.24, 2.45) is 0 Å². The number of unbranched alkanes of at least 4 members (excludes halogenated alkanes) is 1. The molecule has 0 aliphatic rings. The van der Waals surface area contributed by atoms with Crippen molar-refractivity contribution in [2.45, 2.75) is 32.2 Å². The van der Waals surface area contributed by atoms with Crippen LogP contribution in [-0.4, -0.2) is 43.9 Å². The average Bonchev–Trinajstić information content (AvgIpc) is 2.11. The topological polar surface area (TPSA) is 86.7 Å². The van der Waals surface area contributed by atoms with Gasteiger partial charge in [0.1, 0.15) is 6.04 Å². The maximum atomic E-state index is 11.4. The summed E-state index contributed by atoms with van der Waals surface area (Å²) in [6, 6.07) is -1.04. The van der Waals surface area contributed by atoms with Crippen LogP contribution in [0.3, 0.4) is 0 Å². The van der Waals surface area contributed by atoms with E-state index in [2.05, 4.69) is 4.72 Å². The highest BCUT2D eigenvalue weighted by Gasteiger charge is 2.24. The summed E-state index contributed by atoms with van der Waals surface area (Å²) in [5.41, 5.74) is 0. The van der Waals surface area contributed by atoms with Gasteiger partial charge in [0.05, 0.1) is 0 Å². The molecule has 0 heterocycles. The lowest BCUT2D eigenvalue weighted by molar-refractivity contribution is -0.139. The van der Waals surface area contributed by atoms with Crippen molar-refractivity contribution >= 4 is 16.2 Å². The fourth-order valence-electron chi connectivity index (χ4n) is 0.926. The lowest BCUT2D eigenvalue weighted by Crippen LogP contribution is -2.45. The third-order valence-corrected chi connectivity index (χ3v) is 3.46. The molecule has 0 aromatic heterocycles. The van der Waals surface area contributed by atoms with Crippen LogP contribution in [0.15, 0.2) is 0 Å². The van der Waals surface area contributed by atoms with Gasteiger partial charge in [-0.25, -0.2) is 0 Å². The van der Waals surface area contributed by atoms with Gasteiger partial charge >= 0.3 is 5.97 Å². The van der Waals surface area contributed by atoms with Gasteiger partial charge < -0.3 is 5.11 Å². The first-order valence-electron chi connectivity index (χ1n) is 4.73. The highest BCUT2D eigenvalue weighted by Crippen LogP contribution is 2.03. The van der Waals surface area contributed by atoms with Crippen molar-refractivity contribution < 1.29 is 18.3 Å². The molecule has 15 heavy (non-hydrogen) atoms. The maximum Gasteiger partial charge on any atom is 0.321 e. The fraction of sp³-hybridized carbons (Fsp3) is 0.875. The smallest absolute Gasteiger partial charge is 0.321 e. The van der Waals surface area contributed by atoms with Crippen LogP contribution in [0.25, 0.3) is 0 Å². The lowest BCUT2D eigenvalue weighted by atomic mass is 10.1. The van der Waals surface area contributed by atoms with E-state index in [0.717, 1.165) is 10.7 Å². The summed E-state index contributed by atoms with van der Waals surface area (Å²) in [4.78, 5) is 10.8. The van der Waals surface area contributed by atoms with Crippen molar-refractivity contribution in [3.8, 4) is 0 Å². The van der Waals surface area contributed by atoms with Gasteiger partial charge in [-0.15, -0.1) is 0 Å². The molecule has 0 radical (unpaired) electrons. The standard InChI is InChI=1S/C8H18N2O4S/c1-4-5-6-7(8(11)12)9-15(13,14)10(2)3/h7,9H,4-6H2,1-3H3,(H,11,12). The Balaban J connectivity index is 4.48. The summed E-state index contributed by atoms with van der Waals surface area (Å²) in [5, 5.41) is 8.80. The van der Waals surface area contributed by atoms with Crippen LogP contribution in [0.1, 0.15) is 26.2 Å². The van der Waals surface area contributed by atoms with E-state index in [1.165, 1.54) is 14.1 Å². The summed E-state index contributed by atoms with van der Waals surface area (Å²) < 4.78 is 25.8. The third-order valence-electron chi connectivity index (χ3n) is 1.92. The van der Waals surface area contributed by atoms with E-state index >= 15 is 0 Å². The molecule has 1 unspecified atom stereocenters. The van der Waals surface area contributed by atoms with Gasteiger partial charge in [-0.05, 0) is 6.42 Å². The summed E-state index contributed by atoms with van der Waals surface area (Å²) >= 11 is 0. The van der Waals surface area contributed by atoms with E-state index in [4.69, 9.17) is 5.11 Å². The molecule has 0 saturated heterocycles. The Morgan fingerprint density at radius 1 is 1.47 bits per heavy atom. The van der Waals surface area contributed by atoms with Crippen LogP contribution in [-0.2, 0) is 15.0 Å². The third kappa shape index (κ3) is 5.10. The van der Waals surface area contributed by atoms with Crippen molar-refractivity contribution in [3.63, 3.8) is 0 Å². The second-order valence-electron chi connectivity index (χ2n) is 3.44. The number of nitrogens with zero attached hydrogens (tertiary/aromatic N) is 1. The van der Waals surface area contributed by atoms with E-state index in [-0.39, 0.29) is 0 Å². The number of aliphatic carboxylic acids is 1.